The Bertz CT molecular complexity index is 1250. The second-order valence-corrected chi connectivity index (χ2v) is 9.07. The molecule has 0 fully saturated rings. The van der Waals surface area contributed by atoms with E-state index in [1.165, 1.54) is 24.3 Å². The van der Waals surface area contributed by atoms with Gasteiger partial charge in [0, 0.05) is 30.4 Å². The molecule has 166 valence electrons. The van der Waals surface area contributed by atoms with Crippen LogP contribution < -0.4 is 15.4 Å². The summed E-state index contributed by atoms with van der Waals surface area (Å²) in [6.07, 6.45) is 0. The fourth-order valence-electron chi connectivity index (χ4n) is 3.06. The third-order valence-electron chi connectivity index (χ3n) is 5.06. The molecule has 3 N–H and O–H groups in total. The fraction of sp³-hybridized carbons (Fsp3) is 0.167. The van der Waals surface area contributed by atoms with Gasteiger partial charge in [0.1, 0.15) is 0 Å². The van der Waals surface area contributed by atoms with Gasteiger partial charge in [-0.3, -0.25) is 14.3 Å². The lowest BCUT2D eigenvalue weighted by Crippen LogP contribution is -2.23. The zero-order valence-electron chi connectivity index (χ0n) is 18.1. The minimum absolute atomic E-state index is 0.0607. The minimum Gasteiger partial charge on any atom is -0.355 e. The molecule has 7 nitrogen and oxygen atoms in total. The molecular weight excluding hydrogens is 426 g/mol. The molecule has 32 heavy (non-hydrogen) atoms. The number of carbonyl (C=O) groups is 2. The lowest BCUT2D eigenvalue weighted by atomic mass is 10.1. The van der Waals surface area contributed by atoms with Gasteiger partial charge in [0.15, 0.2) is 0 Å². The molecule has 3 aromatic carbocycles. The van der Waals surface area contributed by atoms with Crippen molar-refractivity contribution in [1.82, 2.24) is 10.6 Å². The highest BCUT2D eigenvalue weighted by Gasteiger charge is 2.16. The van der Waals surface area contributed by atoms with Gasteiger partial charge in [-0.1, -0.05) is 18.2 Å². The van der Waals surface area contributed by atoms with Crippen LogP contribution in [0.25, 0.3) is 0 Å². The van der Waals surface area contributed by atoms with Gasteiger partial charge in [0.05, 0.1) is 4.90 Å². The van der Waals surface area contributed by atoms with E-state index in [-0.39, 0.29) is 23.3 Å². The summed E-state index contributed by atoms with van der Waals surface area (Å²) in [5.41, 5.74) is 4.15. The molecule has 0 bridgehead atoms. The minimum atomic E-state index is -3.78. The average molecular weight is 452 g/mol. The Morgan fingerprint density at radius 3 is 2.19 bits per heavy atom. The second-order valence-electron chi connectivity index (χ2n) is 7.39. The van der Waals surface area contributed by atoms with Gasteiger partial charge in [-0.25, -0.2) is 8.42 Å². The molecule has 8 heteroatoms. The predicted octanol–water partition coefficient (Wildman–Crippen LogP) is 3.39. The van der Waals surface area contributed by atoms with Crippen molar-refractivity contribution in [3.05, 3.63) is 94.5 Å². The topological polar surface area (TPSA) is 104 Å². The van der Waals surface area contributed by atoms with Crippen LogP contribution in [0.1, 0.15) is 37.4 Å². The highest BCUT2D eigenvalue weighted by atomic mass is 32.2. The van der Waals surface area contributed by atoms with Gasteiger partial charge >= 0.3 is 0 Å². The summed E-state index contributed by atoms with van der Waals surface area (Å²) in [5.74, 6) is -0.550. The van der Waals surface area contributed by atoms with Gasteiger partial charge in [0.2, 0.25) is 0 Å². The van der Waals surface area contributed by atoms with E-state index < -0.39 is 10.0 Å². The quantitative estimate of drug-likeness (QED) is 0.512. The molecular formula is C24H25N3O4S. The number of benzene rings is 3. The molecule has 0 aliphatic heterocycles. The maximum absolute atomic E-state index is 12.7. The third kappa shape index (κ3) is 5.53. The van der Waals surface area contributed by atoms with Crippen LogP contribution >= 0.6 is 0 Å². The smallest absolute Gasteiger partial charge is 0.261 e. The van der Waals surface area contributed by atoms with E-state index in [1.807, 2.05) is 19.9 Å². The van der Waals surface area contributed by atoms with Crippen LogP contribution in [-0.2, 0) is 16.6 Å². The van der Waals surface area contributed by atoms with Gasteiger partial charge in [0.25, 0.3) is 21.8 Å². The zero-order chi connectivity index (χ0) is 23.3. The number of hydrogen-bond acceptors (Lipinski definition) is 4. The molecule has 0 saturated heterocycles. The van der Waals surface area contributed by atoms with Crippen LogP contribution in [0.4, 0.5) is 5.69 Å². The summed E-state index contributed by atoms with van der Waals surface area (Å²) in [5, 5.41) is 5.33. The molecule has 0 radical (unpaired) electrons. The van der Waals surface area contributed by atoms with Gasteiger partial charge in [-0.05, 0) is 79.1 Å². The number of carbonyl (C=O) groups excluding carboxylic acids is 2. The van der Waals surface area contributed by atoms with Crippen molar-refractivity contribution in [3.8, 4) is 0 Å². The average Bonchev–Trinajstić information content (AvgIpc) is 2.79. The normalized spacial score (nSPS) is 11.0. The van der Waals surface area contributed by atoms with E-state index in [1.54, 1.807) is 43.4 Å². The molecule has 0 aromatic heterocycles. The monoisotopic (exact) mass is 451 g/mol. The molecule has 0 aliphatic carbocycles. The molecule has 0 spiro atoms. The fourth-order valence-corrected chi connectivity index (χ4v) is 4.11. The van der Waals surface area contributed by atoms with Crippen molar-refractivity contribution in [2.24, 2.45) is 0 Å². The van der Waals surface area contributed by atoms with E-state index >= 15 is 0 Å². The van der Waals surface area contributed by atoms with Gasteiger partial charge in [-0.15, -0.1) is 0 Å². The highest BCUT2D eigenvalue weighted by Crippen LogP contribution is 2.19. The Kier molecular flexibility index (Phi) is 6.95. The Hall–Kier alpha value is -3.65. The third-order valence-corrected chi connectivity index (χ3v) is 6.45. The first-order chi connectivity index (χ1) is 15.2. The summed E-state index contributed by atoms with van der Waals surface area (Å²) >= 11 is 0. The Labute approximate surface area is 187 Å². The van der Waals surface area contributed by atoms with Gasteiger partial charge < -0.3 is 10.6 Å². The largest absolute Gasteiger partial charge is 0.355 e. The first-order valence-electron chi connectivity index (χ1n) is 9.99. The first kappa shape index (κ1) is 23.0. The molecule has 3 aromatic rings. The number of anilines is 1. The van der Waals surface area contributed by atoms with Crippen LogP contribution in [-0.4, -0.2) is 27.3 Å². The van der Waals surface area contributed by atoms with Crippen LogP contribution in [0.15, 0.2) is 71.6 Å². The molecule has 2 amide bonds. The number of sulfonamides is 1. The summed E-state index contributed by atoms with van der Waals surface area (Å²) in [6.45, 7) is 4.10. The maximum Gasteiger partial charge on any atom is 0.261 e. The van der Waals surface area contributed by atoms with Crippen molar-refractivity contribution in [2.75, 3.05) is 11.8 Å². The Morgan fingerprint density at radius 2 is 1.53 bits per heavy atom. The molecule has 0 aliphatic rings. The van der Waals surface area contributed by atoms with E-state index in [9.17, 15) is 18.0 Å². The van der Waals surface area contributed by atoms with E-state index in [2.05, 4.69) is 15.4 Å². The number of amides is 2. The van der Waals surface area contributed by atoms with Crippen molar-refractivity contribution in [1.29, 1.82) is 0 Å². The number of hydrogen-bond donors (Lipinski definition) is 3. The zero-order valence-corrected chi connectivity index (χ0v) is 18.9. The van der Waals surface area contributed by atoms with E-state index in [0.717, 1.165) is 16.7 Å². The SMILES string of the molecule is CNC(=O)c1cccc(CNC(=O)c2ccc(S(=O)(=O)Nc3ccc(C)c(C)c3)cc2)c1. The number of aryl methyl sites for hydroxylation is 2. The predicted molar refractivity (Wildman–Crippen MR) is 124 cm³/mol. The lowest BCUT2D eigenvalue weighted by molar-refractivity contribution is 0.0948. The van der Waals surface area contributed by atoms with E-state index in [4.69, 9.17) is 0 Å². The summed E-state index contributed by atoms with van der Waals surface area (Å²) in [7, 11) is -2.22. The lowest BCUT2D eigenvalue weighted by Gasteiger charge is -2.11. The number of nitrogens with one attached hydrogen (secondary N) is 3. The standard InChI is InChI=1S/C24H25N3O4S/c1-16-7-10-21(13-17(16)2)27-32(30,31)22-11-8-19(9-12-22)24(29)26-15-18-5-4-6-20(14-18)23(28)25-3/h4-14,27H,15H2,1-3H3,(H,25,28)(H,26,29). The molecule has 0 unspecified atom stereocenters. The highest BCUT2D eigenvalue weighted by molar-refractivity contribution is 7.92. The van der Waals surface area contributed by atoms with Crippen LogP contribution in [0.2, 0.25) is 0 Å². The second kappa shape index (κ2) is 9.65. The Morgan fingerprint density at radius 1 is 0.812 bits per heavy atom. The molecule has 0 saturated carbocycles. The summed E-state index contributed by atoms with van der Waals surface area (Å²) in [4.78, 5) is 24.3. The van der Waals surface area contributed by atoms with Crippen molar-refractivity contribution in [3.63, 3.8) is 0 Å². The number of rotatable bonds is 7. The molecule has 0 atom stereocenters. The van der Waals surface area contributed by atoms with Crippen molar-refractivity contribution < 1.29 is 18.0 Å². The molecule has 3 rings (SSSR count). The Balaban J connectivity index is 1.66. The van der Waals surface area contributed by atoms with Crippen LogP contribution in [0.3, 0.4) is 0 Å². The van der Waals surface area contributed by atoms with Gasteiger partial charge in [-0.2, -0.15) is 0 Å². The van der Waals surface area contributed by atoms with Crippen molar-refractivity contribution in [2.45, 2.75) is 25.3 Å². The maximum atomic E-state index is 12.7. The van der Waals surface area contributed by atoms with E-state index in [0.29, 0.717) is 16.8 Å². The van der Waals surface area contributed by atoms with Crippen LogP contribution in [0, 0.1) is 13.8 Å². The molecule has 0 heterocycles. The van der Waals surface area contributed by atoms with Crippen LogP contribution in [0.5, 0.6) is 0 Å². The summed E-state index contributed by atoms with van der Waals surface area (Å²) < 4.78 is 27.9. The summed E-state index contributed by atoms with van der Waals surface area (Å²) in [6, 6.07) is 18.0. The first-order valence-corrected chi connectivity index (χ1v) is 11.5. The van der Waals surface area contributed by atoms with Crippen molar-refractivity contribution >= 4 is 27.5 Å².